The molecule has 0 amide bonds. The molecule has 10 unspecified atom stereocenters. The van der Waals surface area contributed by atoms with Gasteiger partial charge in [0.15, 0.2) is 11.7 Å². The van der Waals surface area contributed by atoms with Crippen LogP contribution in [0.4, 0.5) is 0 Å². The molecule has 1 aromatic rings. The molecule has 2 saturated carbocycles. The van der Waals surface area contributed by atoms with Crippen molar-refractivity contribution >= 4 is 29.8 Å². The quantitative estimate of drug-likeness (QED) is 0.267. The number of furan rings is 1. The first-order chi connectivity index (χ1) is 21.9. The Balaban J connectivity index is 2.07. The van der Waals surface area contributed by atoms with Crippen LogP contribution in [-0.4, -0.2) is 82.8 Å². The van der Waals surface area contributed by atoms with Crippen molar-refractivity contribution in [3.63, 3.8) is 0 Å². The summed E-state index contributed by atoms with van der Waals surface area (Å²) in [4.78, 5) is 66.0. The lowest BCUT2D eigenvalue weighted by atomic mass is 9.46. The molecule has 262 valence electrons. The summed E-state index contributed by atoms with van der Waals surface area (Å²) in [5, 5.41) is 12.7. The summed E-state index contributed by atoms with van der Waals surface area (Å²) in [7, 11) is 0. The molecule has 2 heterocycles. The second-order valence-electron chi connectivity index (χ2n) is 14.0. The summed E-state index contributed by atoms with van der Waals surface area (Å²) in [5.41, 5.74) is -7.05. The zero-order valence-electron chi connectivity index (χ0n) is 28.7. The number of carbonyl (C=O) groups is 5. The minimum atomic E-state index is -2.02. The normalized spacial score (nSPS) is 35.1. The van der Waals surface area contributed by atoms with Crippen LogP contribution in [0, 0.1) is 23.2 Å². The molecular weight excluding hydrogens is 616 g/mol. The average Bonchev–Trinajstić information content (AvgIpc) is 3.58. The van der Waals surface area contributed by atoms with Gasteiger partial charge in [-0.2, -0.15) is 0 Å². The summed E-state index contributed by atoms with van der Waals surface area (Å²) in [6.45, 7) is 13.7. The Hall–Kier alpha value is -3.45. The fraction of sp³-hybridized carbons (Fsp3) is 0.735. The lowest BCUT2D eigenvalue weighted by molar-refractivity contribution is -0.356. The van der Waals surface area contributed by atoms with E-state index in [1.807, 2.05) is 6.92 Å². The molecule has 10 atom stereocenters. The third-order valence-electron chi connectivity index (χ3n) is 10.4. The lowest BCUT2D eigenvalue weighted by Gasteiger charge is -2.65. The highest BCUT2D eigenvalue weighted by Crippen LogP contribution is 2.69. The van der Waals surface area contributed by atoms with E-state index in [9.17, 15) is 29.1 Å². The Morgan fingerprint density at radius 2 is 1.53 bits per heavy atom. The van der Waals surface area contributed by atoms with Gasteiger partial charge in [-0.1, -0.05) is 27.7 Å². The van der Waals surface area contributed by atoms with E-state index in [2.05, 4.69) is 0 Å². The maximum absolute atomic E-state index is 13.7. The van der Waals surface area contributed by atoms with Crippen molar-refractivity contribution in [1.82, 2.24) is 0 Å². The SMILES string of the molecule is CCC(C)C(=O)OC1CC(C)(O)C23OC(C)(C)C(CC(OC(=O)c4ccoc4)C2(COC(C)=O)C1OC(=O)C(C)CC)C3OC(C)=O. The number of esters is 5. The van der Waals surface area contributed by atoms with E-state index in [4.69, 9.17) is 32.8 Å². The minimum Gasteiger partial charge on any atom is -0.472 e. The number of carbonyl (C=O) groups excluding carboxylic acids is 5. The Morgan fingerprint density at radius 3 is 2.06 bits per heavy atom. The standard InChI is InChI=1S/C34H48O13/c1-10-18(3)28(37)44-24-15-32(9,40)34-26(43-21(6)36)23(31(7,8)47-34)14-25(45-30(39)22-12-13-41-16-22)33(34,17-42-20(5)35)27(24)46-29(38)19(4)11-2/h12-13,16,18-19,23-27,40H,10-11,14-15,17H2,1-9H3. The van der Waals surface area contributed by atoms with Crippen molar-refractivity contribution in [2.75, 3.05) is 6.61 Å². The van der Waals surface area contributed by atoms with Crippen LogP contribution < -0.4 is 0 Å². The van der Waals surface area contributed by atoms with Crippen LogP contribution in [0.1, 0.15) is 98.4 Å². The first kappa shape index (κ1) is 36.4. The molecule has 47 heavy (non-hydrogen) atoms. The van der Waals surface area contributed by atoms with Crippen LogP contribution in [-0.2, 0) is 47.6 Å². The summed E-state index contributed by atoms with van der Waals surface area (Å²) < 4.78 is 42.3. The van der Waals surface area contributed by atoms with Gasteiger partial charge in [0.2, 0.25) is 0 Å². The molecule has 1 aliphatic heterocycles. The summed E-state index contributed by atoms with van der Waals surface area (Å²) in [6, 6.07) is 1.41. The molecule has 1 N–H and O–H groups in total. The molecule has 1 aromatic heterocycles. The van der Waals surface area contributed by atoms with E-state index >= 15 is 0 Å². The molecule has 2 aliphatic carbocycles. The largest absolute Gasteiger partial charge is 0.472 e. The highest BCUT2D eigenvalue weighted by Gasteiger charge is 2.86. The van der Waals surface area contributed by atoms with Crippen LogP contribution in [0.2, 0.25) is 0 Å². The van der Waals surface area contributed by atoms with Gasteiger partial charge in [-0.05, 0) is 46.1 Å². The molecule has 3 aliphatic rings. The first-order valence-corrected chi connectivity index (χ1v) is 16.3. The molecule has 3 fully saturated rings. The monoisotopic (exact) mass is 664 g/mol. The Labute approximate surface area is 274 Å². The van der Waals surface area contributed by atoms with Crippen molar-refractivity contribution in [2.45, 2.75) is 129 Å². The Kier molecular flexibility index (Phi) is 10.2. The van der Waals surface area contributed by atoms with Gasteiger partial charge in [0.1, 0.15) is 36.6 Å². The van der Waals surface area contributed by atoms with Gasteiger partial charge in [0.25, 0.3) is 0 Å². The summed E-state index contributed by atoms with van der Waals surface area (Å²) in [5.74, 6) is -5.31. The molecule has 1 spiro atoms. The third-order valence-corrected chi connectivity index (χ3v) is 10.4. The zero-order chi connectivity index (χ0) is 35.1. The maximum Gasteiger partial charge on any atom is 0.341 e. The topological polar surface area (TPSA) is 174 Å². The smallest absolute Gasteiger partial charge is 0.341 e. The van der Waals surface area contributed by atoms with Crippen LogP contribution in [0.5, 0.6) is 0 Å². The fourth-order valence-electron chi connectivity index (χ4n) is 7.64. The number of rotatable bonds is 11. The van der Waals surface area contributed by atoms with Crippen molar-refractivity contribution in [2.24, 2.45) is 23.2 Å². The molecule has 13 nitrogen and oxygen atoms in total. The highest BCUT2D eigenvalue weighted by atomic mass is 16.6. The number of hydrogen-bond donors (Lipinski definition) is 1. The molecular formula is C34H48O13. The predicted octanol–water partition coefficient (Wildman–Crippen LogP) is 3.92. The van der Waals surface area contributed by atoms with E-state index in [1.165, 1.54) is 39.4 Å². The molecule has 0 aromatic carbocycles. The van der Waals surface area contributed by atoms with E-state index in [-0.39, 0.29) is 18.4 Å². The average molecular weight is 665 g/mol. The molecule has 13 heteroatoms. The van der Waals surface area contributed by atoms with Gasteiger partial charge in [0, 0.05) is 26.2 Å². The molecule has 2 bridgehead atoms. The van der Waals surface area contributed by atoms with Gasteiger partial charge < -0.3 is 37.9 Å². The van der Waals surface area contributed by atoms with Gasteiger partial charge in [-0.25, -0.2) is 4.79 Å². The second kappa shape index (κ2) is 13.2. The molecule has 0 radical (unpaired) electrons. The van der Waals surface area contributed by atoms with Gasteiger partial charge in [0.05, 0.1) is 34.9 Å². The van der Waals surface area contributed by atoms with E-state index < -0.39 is 101 Å². The van der Waals surface area contributed by atoms with Crippen LogP contribution >= 0.6 is 0 Å². The lowest BCUT2D eigenvalue weighted by Crippen LogP contribution is -2.83. The Bertz CT molecular complexity index is 1350. The number of aliphatic hydroxyl groups is 1. The van der Waals surface area contributed by atoms with Crippen molar-refractivity contribution in [3.8, 4) is 0 Å². The number of hydrogen-bond acceptors (Lipinski definition) is 13. The van der Waals surface area contributed by atoms with Gasteiger partial charge >= 0.3 is 29.8 Å². The van der Waals surface area contributed by atoms with Crippen molar-refractivity contribution in [3.05, 3.63) is 24.2 Å². The first-order valence-electron chi connectivity index (χ1n) is 16.3. The van der Waals surface area contributed by atoms with Crippen LogP contribution in [0.25, 0.3) is 0 Å². The minimum absolute atomic E-state index is 0.0307. The van der Waals surface area contributed by atoms with Crippen LogP contribution in [0.3, 0.4) is 0 Å². The number of ether oxygens (including phenoxy) is 6. The molecule has 4 rings (SSSR count). The Morgan fingerprint density at radius 1 is 0.915 bits per heavy atom. The van der Waals surface area contributed by atoms with E-state index in [1.54, 1.807) is 34.6 Å². The second-order valence-corrected chi connectivity index (χ2v) is 14.0. The van der Waals surface area contributed by atoms with Crippen molar-refractivity contribution in [1.29, 1.82) is 0 Å². The highest BCUT2D eigenvalue weighted by molar-refractivity contribution is 5.89. The van der Waals surface area contributed by atoms with Gasteiger partial charge in [-0.15, -0.1) is 0 Å². The molecule has 1 saturated heterocycles. The third kappa shape index (κ3) is 6.16. The summed E-state index contributed by atoms with van der Waals surface area (Å²) in [6.07, 6.45) is -2.32. The fourth-order valence-corrected chi connectivity index (χ4v) is 7.64. The van der Waals surface area contributed by atoms with E-state index in [0.29, 0.717) is 12.8 Å². The maximum atomic E-state index is 13.7. The van der Waals surface area contributed by atoms with E-state index in [0.717, 1.165) is 0 Å². The zero-order valence-corrected chi connectivity index (χ0v) is 28.7. The summed E-state index contributed by atoms with van der Waals surface area (Å²) >= 11 is 0. The van der Waals surface area contributed by atoms with Crippen LogP contribution in [0.15, 0.2) is 23.0 Å². The van der Waals surface area contributed by atoms with Gasteiger partial charge in [-0.3, -0.25) is 19.2 Å². The van der Waals surface area contributed by atoms with Crippen molar-refractivity contribution < 1.29 is 61.9 Å². The predicted molar refractivity (Wildman–Crippen MR) is 162 cm³/mol. The number of fused-ring (bicyclic) bond motifs is 1.